The molecule has 0 radical (unpaired) electrons. The summed E-state index contributed by atoms with van der Waals surface area (Å²) in [7, 11) is 0. The van der Waals surface area contributed by atoms with Gasteiger partial charge in [0.25, 0.3) is 5.91 Å². The number of rotatable bonds is 6. The molecule has 0 aliphatic rings. The molecule has 0 unspecified atom stereocenters. The maximum Gasteiger partial charge on any atom is 0.265 e. The van der Waals surface area contributed by atoms with E-state index >= 15 is 0 Å². The molecule has 3 aromatic carbocycles. The quantitative estimate of drug-likeness (QED) is 0.667. The van der Waals surface area contributed by atoms with Crippen LogP contribution < -0.4 is 14.8 Å². The van der Waals surface area contributed by atoms with Crippen molar-refractivity contribution in [1.82, 2.24) is 0 Å². The summed E-state index contributed by atoms with van der Waals surface area (Å²) in [6, 6.07) is 24.4. The molecule has 0 bridgehead atoms. The molecule has 0 aliphatic heterocycles. The summed E-state index contributed by atoms with van der Waals surface area (Å²) in [5.41, 5.74) is 1.78. The lowest BCUT2D eigenvalue weighted by Crippen LogP contribution is -2.30. The molecule has 4 heteroatoms. The number of hydrogen-bond donors (Lipinski definition) is 1. The van der Waals surface area contributed by atoms with Crippen molar-refractivity contribution < 1.29 is 14.3 Å². The first kappa shape index (κ1) is 17.5. The Kier molecular flexibility index (Phi) is 5.54. The van der Waals surface area contributed by atoms with Crippen molar-refractivity contribution in [2.45, 2.75) is 20.0 Å². The number of aryl methyl sites for hydroxylation is 1. The molecule has 0 saturated carbocycles. The number of nitrogens with one attached hydrogen (secondary N) is 1. The molecule has 3 aromatic rings. The van der Waals surface area contributed by atoms with Crippen LogP contribution in [0.5, 0.6) is 17.2 Å². The summed E-state index contributed by atoms with van der Waals surface area (Å²) < 4.78 is 11.4. The summed E-state index contributed by atoms with van der Waals surface area (Å²) >= 11 is 0. The fourth-order valence-corrected chi connectivity index (χ4v) is 2.42. The van der Waals surface area contributed by atoms with Gasteiger partial charge in [-0.15, -0.1) is 0 Å². The second-order valence-corrected chi connectivity index (χ2v) is 6.01. The largest absolute Gasteiger partial charge is 0.481 e. The van der Waals surface area contributed by atoms with E-state index in [1.54, 1.807) is 19.1 Å². The zero-order valence-corrected chi connectivity index (χ0v) is 14.8. The monoisotopic (exact) mass is 347 g/mol. The molecule has 26 heavy (non-hydrogen) atoms. The fourth-order valence-electron chi connectivity index (χ4n) is 2.42. The molecule has 3 rings (SSSR count). The van der Waals surface area contributed by atoms with E-state index in [9.17, 15) is 4.79 Å². The van der Waals surface area contributed by atoms with E-state index in [1.807, 2.05) is 73.7 Å². The Morgan fingerprint density at radius 1 is 0.846 bits per heavy atom. The lowest BCUT2D eigenvalue weighted by Gasteiger charge is -2.15. The molecule has 0 aliphatic carbocycles. The van der Waals surface area contributed by atoms with Crippen molar-refractivity contribution in [3.05, 3.63) is 84.4 Å². The topological polar surface area (TPSA) is 47.6 Å². The predicted octanol–water partition coefficient (Wildman–Crippen LogP) is 5.19. The Balaban J connectivity index is 1.57. The number of benzene rings is 3. The van der Waals surface area contributed by atoms with Crippen molar-refractivity contribution in [2.24, 2.45) is 0 Å². The number of hydrogen-bond acceptors (Lipinski definition) is 3. The minimum Gasteiger partial charge on any atom is -0.481 e. The average molecular weight is 347 g/mol. The van der Waals surface area contributed by atoms with Crippen LogP contribution in [0.1, 0.15) is 12.5 Å². The van der Waals surface area contributed by atoms with Crippen LogP contribution in [0.25, 0.3) is 0 Å². The van der Waals surface area contributed by atoms with E-state index in [4.69, 9.17) is 9.47 Å². The van der Waals surface area contributed by atoms with E-state index in [1.165, 1.54) is 0 Å². The number of amides is 1. The Morgan fingerprint density at radius 2 is 1.50 bits per heavy atom. The van der Waals surface area contributed by atoms with Crippen LogP contribution in [0.2, 0.25) is 0 Å². The average Bonchev–Trinajstić information content (AvgIpc) is 2.64. The van der Waals surface area contributed by atoms with Crippen LogP contribution in [0.4, 0.5) is 5.69 Å². The van der Waals surface area contributed by atoms with Crippen molar-refractivity contribution in [2.75, 3.05) is 5.32 Å². The maximum absolute atomic E-state index is 12.3. The van der Waals surface area contributed by atoms with Crippen LogP contribution >= 0.6 is 0 Å². The van der Waals surface area contributed by atoms with Crippen LogP contribution in [-0.4, -0.2) is 12.0 Å². The standard InChI is InChI=1S/C22H21NO3/c1-16-7-6-10-21(15-16)25-17(2)22(24)23-18-11-13-20(14-12-18)26-19-8-4-3-5-9-19/h3-15,17H,1-2H3,(H,23,24)/t17-/m1/s1. The third-order valence-corrected chi connectivity index (χ3v) is 3.77. The van der Waals surface area contributed by atoms with Crippen molar-refractivity contribution >= 4 is 11.6 Å². The van der Waals surface area contributed by atoms with Gasteiger partial charge in [-0.25, -0.2) is 0 Å². The molecular formula is C22H21NO3. The lowest BCUT2D eigenvalue weighted by atomic mass is 10.2. The van der Waals surface area contributed by atoms with E-state index in [0.717, 1.165) is 11.3 Å². The highest BCUT2D eigenvalue weighted by atomic mass is 16.5. The third kappa shape index (κ3) is 4.86. The number of carbonyl (C=O) groups excluding carboxylic acids is 1. The van der Waals surface area contributed by atoms with E-state index in [-0.39, 0.29) is 5.91 Å². The Hall–Kier alpha value is -3.27. The SMILES string of the molecule is Cc1cccc(O[C@H](C)C(=O)Nc2ccc(Oc3ccccc3)cc2)c1. The highest BCUT2D eigenvalue weighted by molar-refractivity contribution is 5.94. The van der Waals surface area contributed by atoms with Crippen LogP contribution in [0.3, 0.4) is 0 Å². The highest BCUT2D eigenvalue weighted by Gasteiger charge is 2.15. The first-order chi connectivity index (χ1) is 12.6. The summed E-state index contributed by atoms with van der Waals surface area (Å²) in [4.78, 5) is 12.3. The smallest absolute Gasteiger partial charge is 0.265 e. The molecule has 132 valence electrons. The van der Waals surface area contributed by atoms with Crippen molar-refractivity contribution in [3.63, 3.8) is 0 Å². The van der Waals surface area contributed by atoms with Gasteiger partial charge in [0.1, 0.15) is 17.2 Å². The normalized spacial score (nSPS) is 11.5. The molecule has 4 nitrogen and oxygen atoms in total. The second-order valence-electron chi connectivity index (χ2n) is 6.01. The fraction of sp³-hybridized carbons (Fsp3) is 0.136. The number of para-hydroxylation sites is 1. The first-order valence-electron chi connectivity index (χ1n) is 8.47. The molecular weight excluding hydrogens is 326 g/mol. The molecule has 1 N–H and O–H groups in total. The van der Waals surface area contributed by atoms with Crippen molar-refractivity contribution in [3.8, 4) is 17.2 Å². The van der Waals surface area contributed by atoms with Gasteiger partial charge >= 0.3 is 0 Å². The Morgan fingerprint density at radius 3 is 2.19 bits per heavy atom. The third-order valence-electron chi connectivity index (χ3n) is 3.77. The Bertz CT molecular complexity index is 860. The zero-order chi connectivity index (χ0) is 18.4. The molecule has 1 atom stereocenters. The minimum absolute atomic E-state index is 0.205. The summed E-state index contributed by atoms with van der Waals surface area (Å²) in [5, 5.41) is 2.85. The molecule has 1 amide bonds. The Labute approximate surface area is 153 Å². The summed E-state index contributed by atoms with van der Waals surface area (Å²) in [6.07, 6.45) is -0.600. The van der Waals surface area contributed by atoms with Gasteiger partial charge in [-0.05, 0) is 67.9 Å². The first-order valence-corrected chi connectivity index (χ1v) is 8.47. The van der Waals surface area contributed by atoms with E-state index in [2.05, 4.69) is 5.32 Å². The van der Waals surface area contributed by atoms with Crippen LogP contribution in [0, 0.1) is 6.92 Å². The lowest BCUT2D eigenvalue weighted by molar-refractivity contribution is -0.122. The van der Waals surface area contributed by atoms with Crippen molar-refractivity contribution in [1.29, 1.82) is 0 Å². The van der Waals surface area contributed by atoms with Gasteiger partial charge in [0.15, 0.2) is 6.10 Å². The van der Waals surface area contributed by atoms with Crippen LogP contribution in [0.15, 0.2) is 78.9 Å². The molecule has 0 saturated heterocycles. The zero-order valence-electron chi connectivity index (χ0n) is 14.8. The van der Waals surface area contributed by atoms with Gasteiger partial charge in [0.05, 0.1) is 0 Å². The molecule has 0 aromatic heterocycles. The van der Waals surface area contributed by atoms with Gasteiger partial charge < -0.3 is 14.8 Å². The van der Waals surface area contributed by atoms with Gasteiger partial charge in [-0.2, -0.15) is 0 Å². The molecule has 0 fully saturated rings. The second kappa shape index (κ2) is 8.21. The number of anilines is 1. The summed E-state index contributed by atoms with van der Waals surface area (Å²) in [5.74, 6) is 1.95. The van der Waals surface area contributed by atoms with Gasteiger partial charge in [0.2, 0.25) is 0 Å². The maximum atomic E-state index is 12.3. The molecule has 0 spiro atoms. The number of carbonyl (C=O) groups is 1. The van der Waals surface area contributed by atoms with E-state index in [0.29, 0.717) is 17.2 Å². The molecule has 0 heterocycles. The van der Waals surface area contributed by atoms with Gasteiger partial charge in [-0.3, -0.25) is 4.79 Å². The highest BCUT2D eigenvalue weighted by Crippen LogP contribution is 2.23. The predicted molar refractivity (Wildman–Crippen MR) is 103 cm³/mol. The van der Waals surface area contributed by atoms with Crippen LogP contribution in [-0.2, 0) is 4.79 Å². The van der Waals surface area contributed by atoms with E-state index < -0.39 is 6.10 Å². The van der Waals surface area contributed by atoms with Gasteiger partial charge in [-0.1, -0.05) is 30.3 Å². The summed E-state index contributed by atoms with van der Waals surface area (Å²) in [6.45, 7) is 3.71. The van der Waals surface area contributed by atoms with Gasteiger partial charge in [0, 0.05) is 5.69 Å². The number of ether oxygens (including phenoxy) is 2. The minimum atomic E-state index is -0.600.